The first kappa shape index (κ1) is 9.93. The summed E-state index contributed by atoms with van der Waals surface area (Å²) >= 11 is 0. The fraction of sp³-hybridized carbons (Fsp3) is 0.500. The molecule has 1 atom stereocenters. The SMILES string of the molecule is OC1COc2cc(CNC3CC3)ccc2N1. The quantitative estimate of drug-likeness (QED) is 0.713. The van der Waals surface area contributed by atoms with Crippen molar-refractivity contribution >= 4 is 5.69 Å². The van der Waals surface area contributed by atoms with Crippen LogP contribution in [0.4, 0.5) is 5.69 Å². The fourth-order valence-corrected chi connectivity index (χ4v) is 1.85. The minimum atomic E-state index is -0.595. The zero-order valence-corrected chi connectivity index (χ0v) is 9.07. The van der Waals surface area contributed by atoms with Crippen LogP contribution in [0, 0.1) is 0 Å². The summed E-state index contributed by atoms with van der Waals surface area (Å²) in [7, 11) is 0. The molecular formula is C12H16N2O2. The number of anilines is 1. The van der Waals surface area contributed by atoms with Crippen LogP contribution in [0.3, 0.4) is 0 Å². The first-order chi connectivity index (χ1) is 7.81. The number of fused-ring (bicyclic) bond motifs is 1. The molecular weight excluding hydrogens is 204 g/mol. The van der Waals surface area contributed by atoms with Crippen molar-refractivity contribution in [2.24, 2.45) is 0 Å². The Balaban J connectivity index is 1.71. The summed E-state index contributed by atoms with van der Waals surface area (Å²) in [5.74, 6) is 0.834. The maximum atomic E-state index is 9.36. The van der Waals surface area contributed by atoms with E-state index in [0.717, 1.165) is 24.0 Å². The van der Waals surface area contributed by atoms with Gasteiger partial charge in [0, 0.05) is 12.6 Å². The van der Waals surface area contributed by atoms with Crippen molar-refractivity contribution in [1.29, 1.82) is 0 Å². The predicted molar refractivity (Wildman–Crippen MR) is 61.4 cm³/mol. The maximum Gasteiger partial charge on any atom is 0.159 e. The zero-order chi connectivity index (χ0) is 11.0. The van der Waals surface area contributed by atoms with Crippen LogP contribution in [-0.4, -0.2) is 24.0 Å². The summed E-state index contributed by atoms with van der Waals surface area (Å²) in [6.45, 7) is 1.20. The van der Waals surface area contributed by atoms with E-state index in [1.54, 1.807) is 0 Å². The van der Waals surface area contributed by atoms with Crippen molar-refractivity contribution in [3.8, 4) is 5.75 Å². The highest BCUT2D eigenvalue weighted by Crippen LogP contribution is 2.29. The van der Waals surface area contributed by atoms with Gasteiger partial charge in [-0.1, -0.05) is 6.07 Å². The van der Waals surface area contributed by atoms with E-state index < -0.39 is 6.23 Å². The molecule has 4 nitrogen and oxygen atoms in total. The van der Waals surface area contributed by atoms with Crippen LogP contribution in [0.25, 0.3) is 0 Å². The van der Waals surface area contributed by atoms with Crippen molar-refractivity contribution in [2.75, 3.05) is 11.9 Å². The third-order valence-electron chi connectivity index (χ3n) is 2.94. The number of ether oxygens (including phenoxy) is 1. The molecule has 0 spiro atoms. The number of rotatable bonds is 3. The van der Waals surface area contributed by atoms with Gasteiger partial charge in [-0.2, -0.15) is 0 Å². The Morgan fingerprint density at radius 3 is 3.12 bits per heavy atom. The lowest BCUT2D eigenvalue weighted by molar-refractivity contribution is 0.119. The third-order valence-corrected chi connectivity index (χ3v) is 2.94. The van der Waals surface area contributed by atoms with Crippen LogP contribution in [-0.2, 0) is 6.54 Å². The smallest absolute Gasteiger partial charge is 0.159 e. The zero-order valence-electron chi connectivity index (χ0n) is 9.07. The monoisotopic (exact) mass is 220 g/mol. The highest BCUT2D eigenvalue weighted by molar-refractivity contribution is 5.59. The summed E-state index contributed by atoms with van der Waals surface area (Å²) in [4.78, 5) is 0. The molecule has 0 aromatic heterocycles. The Morgan fingerprint density at radius 1 is 1.44 bits per heavy atom. The van der Waals surface area contributed by atoms with E-state index in [1.807, 2.05) is 12.1 Å². The number of nitrogens with one attached hydrogen (secondary N) is 2. The molecule has 3 rings (SSSR count). The Bertz CT molecular complexity index is 391. The van der Waals surface area contributed by atoms with Gasteiger partial charge in [0.25, 0.3) is 0 Å². The van der Waals surface area contributed by atoms with Gasteiger partial charge in [-0.15, -0.1) is 0 Å². The van der Waals surface area contributed by atoms with Crippen LogP contribution in [0.2, 0.25) is 0 Å². The summed E-state index contributed by atoms with van der Waals surface area (Å²) in [5, 5.41) is 15.8. The summed E-state index contributed by atoms with van der Waals surface area (Å²) in [5.41, 5.74) is 2.10. The molecule has 1 heterocycles. The second-order valence-electron chi connectivity index (χ2n) is 4.46. The van der Waals surface area contributed by atoms with E-state index in [4.69, 9.17) is 4.74 Å². The molecule has 1 aliphatic carbocycles. The van der Waals surface area contributed by atoms with Crippen molar-refractivity contribution in [1.82, 2.24) is 5.32 Å². The Morgan fingerprint density at radius 2 is 2.31 bits per heavy atom. The summed E-state index contributed by atoms with van der Waals surface area (Å²) < 4.78 is 5.46. The number of hydrogen-bond acceptors (Lipinski definition) is 4. The van der Waals surface area contributed by atoms with Gasteiger partial charge >= 0.3 is 0 Å². The molecule has 3 N–H and O–H groups in total. The van der Waals surface area contributed by atoms with Gasteiger partial charge in [0.2, 0.25) is 0 Å². The summed E-state index contributed by atoms with van der Waals surface area (Å²) in [6.07, 6.45) is 2.01. The highest BCUT2D eigenvalue weighted by atomic mass is 16.5. The Kier molecular flexibility index (Phi) is 2.46. The van der Waals surface area contributed by atoms with Crippen LogP contribution < -0.4 is 15.4 Å². The fourth-order valence-electron chi connectivity index (χ4n) is 1.85. The van der Waals surface area contributed by atoms with Crippen molar-refractivity contribution in [2.45, 2.75) is 31.7 Å². The molecule has 16 heavy (non-hydrogen) atoms. The first-order valence-corrected chi connectivity index (χ1v) is 5.75. The second-order valence-corrected chi connectivity index (χ2v) is 4.46. The van der Waals surface area contributed by atoms with E-state index >= 15 is 0 Å². The number of aliphatic hydroxyl groups is 1. The molecule has 1 saturated carbocycles. The molecule has 4 heteroatoms. The lowest BCUT2D eigenvalue weighted by Crippen LogP contribution is -2.30. The van der Waals surface area contributed by atoms with Gasteiger partial charge in [-0.3, -0.25) is 0 Å². The van der Waals surface area contributed by atoms with Gasteiger partial charge in [0.15, 0.2) is 6.23 Å². The molecule has 0 amide bonds. The largest absolute Gasteiger partial charge is 0.487 e. The van der Waals surface area contributed by atoms with Crippen LogP contribution in [0.1, 0.15) is 18.4 Å². The molecule has 1 unspecified atom stereocenters. The average molecular weight is 220 g/mol. The van der Waals surface area contributed by atoms with Crippen molar-refractivity contribution < 1.29 is 9.84 Å². The van der Waals surface area contributed by atoms with E-state index in [1.165, 1.54) is 18.4 Å². The molecule has 1 aliphatic heterocycles. The van der Waals surface area contributed by atoms with Crippen LogP contribution in [0.15, 0.2) is 18.2 Å². The van der Waals surface area contributed by atoms with Crippen LogP contribution in [0.5, 0.6) is 5.75 Å². The van der Waals surface area contributed by atoms with Gasteiger partial charge in [-0.05, 0) is 30.5 Å². The lowest BCUT2D eigenvalue weighted by Gasteiger charge is -2.24. The lowest BCUT2D eigenvalue weighted by atomic mass is 10.1. The first-order valence-electron chi connectivity index (χ1n) is 5.75. The predicted octanol–water partition coefficient (Wildman–Crippen LogP) is 1.06. The molecule has 86 valence electrons. The summed E-state index contributed by atoms with van der Waals surface area (Å²) in [6, 6.07) is 6.77. The molecule has 1 fully saturated rings. The number of hydrogen-bond donors (Lipinski definition) is 3. The van der Waals surface area contributed by atoms with Crippen molar-refractivity contribution in [3.63, 3.8) is 0 Å². The Hall–Kier alpha value is -1.26. The number of aliphatic hydroxyl groups excluding tert-OH is 1. The van der Waals surface area contributed by atoms with Gasteiger partial charge < -0.3 is 20.5 Å². The van der Waals surface area contributed by atoms with E-state index in [2.05, 4.69) is 16.7 Å². The molecule has 0 bridgehead atoms. The minimum absolute atomic E-state index is 0.312. The third kappa shape index (κ3) is 2.13. The standard InChI is InChI=1S/C12H16N2O2/c15-12-7-16-11-5-8(1-4-10(11)14-12)6-13-9-2-3-9/h1,4-5,9,12-15H,2-3,6-7H2. The Labute approximate surface area is 94.6 Å². The van der Waals surface area contributed by atoms with E-state index in [9.17, 15) is 5.11 Å². The molecule has 1 aromatic carbocycles. The minimum Gasteiger partial charge on any atom is -0.487 e. The molecule has 0 saturated heterocycles. The molecule has 0 radical (unpaired) electrons. The maximum absolute atomic E-state index is 9.36. The van der Waals surface area contributed by atoms with Gasteiger partial charge in [-0.25, -0.2) is 0 Å². The average Bonchev–Trinajstić information content (AvgIpc) is 3.10. The van der Waals surface area contributed by atoms with Crippen molar-refractivity contribution in [3.05, 3.63) is 23.8 Å². The topological polar surface area (TPSA) is 53.5 Å². The van der Waals surface area contributed by atoms with Gasteiger partial charge in [0.1, 0.15) is 12.4 Å². The normalized spacial score (nSPS) is 23.2. The van der Waals surface area contributed by atoms with Gasteiger partial charge in [0.05, 0.1) is 5.69 Å². The molecule has 2 aliphatic rings. The van der Waals surface area contributed by atoms with E-state index in [0.29, 0.717) is 6.61 Å². The van der Waals surface area contributed by atoms with E-state index in [-0.39, 0.29) is 0 Å². The molecule has 1 aromatic rings. The van der Waals surface area contributed by atoms with Crippen LogP contribution >= 0.6 is 0 Å². The second kappa shape index (κ2) is 3.96. The highest BCUT2D eigenvalue weighted by Gasteiger charge is 2.21. The number of benzene rings is 1.